The van der Waals surface area contributed by atoms with Gasteiger partial charge in [-0.2, -0.15) is 0 Å². The van der Waals surface area contributed by atoms with E-state index >= 15 is 0 Å². The largest absolute Gasteiger partial charge is 0.494 e. The number of hydrogen-bond donors (Lipinski definition) is 1. The predicted molar refractivity (Wildman–Crippen MR) is 82.9 cm³/mol. The third kappa shape index (κ3) is 2.54. The molecule has 0 unspecified atom stereocenters. The fraction of sp³-hybridized carbons (Fsp3) is 0.333. The molecule has 0 amide bonds. The van der Waals surface area contributed by atoms with Gasteiger partial charge >= 0.3 is 0 Å². The quantitative estimate of drug-likeness (QED) is 0.855. The summed E-state index contributed by atoms with van der Waals surface area (Å²) in [4.78, 5) is 5.10. The van der Waals surface area contributed by atoms with Crippen LogP contribution in [0, 0.1) is 0 Å². The smallest absolute Gasteiger partial charge is 0.145 e. The first-order chi connectivity index (χ1) is 8.84. The maximum absolute atomic E-state index is 5.85. The normalized spacial score (nSPS) is 11.6. The molecule has 0 fully saturated rings. The van der Waals surface area contributed by atoms with E-state index < -0.39 is 0 Å². The average Bonchev–Trinajstić information content (AvgIpc) is 2.35. The molecule has 2 aromatic rings. The third-order valence-corrected chi connectivity index (χ3v) is 3.28. The Balaban J connectivity index is 2.88. The second-order valence-electron chi connectivity index (χ2n) is 5.53. The molecule has 1 aromatic heterocycles. The zero-order valence-corrected chi connectivity index (χ0v) is 12.5. The van der Waals surface area contributed by atoms with Crippen LogP contribution in [0.15, 0.2) is 24.3 Å². The van der Waals surface area contributed by atoms with Crippen molar-refractivity contribution in [2.45, 2.75) is 26.2 Å². The molecule has 0 bridgehead atoms. The van der Waals surface area contributed by atoms with Gasteiger partial charge in [-0.25, -0.2) is 4.98 Å². The van der Waals surface area contributed by atoms with E-state index in [0.717, 1.165) is 27.9 Å². The number of hydrogen-bond acceptors (Lipinski definition) is 3. The molecule has 0 saturated carbocycles. The molecule has 1 heterocycles. The maximum atomic E-state index is 5.85. The van der Waals surface area contributed by atoms with Crippen molar-refractivity contribution in [3.63, 3.8) is 0 Å². The van der Waals surface area contributed by atoms with E-state index in [9.17, 15) is 0 Å². The van der Waals surface area contributed by atoms with Gasteiger partial charge in [0.05, 0.1) is 7.11 Å². The van der Waals surface area contributed by atoms with Crippen LogP contribution in [0.1, 0.15) is 32.0 Å². The van der Waals surface area contributed by atoms with Crippen LogP contribution in [-0.2, 0) is 5.41 Å². The molecule has 0 aliphatic rings. The van der Waals surface area contributed by atoms with Crippen molar-refractivity contribution in [3.05, 3.63) is 35.5 Å². The molecule has 0 spiro atoms. The summed E-state index contributed by atoms with van der Waals surface area (Å²) in [6.45, 7) is 6.33. The molecule has 2 N–H and O–H groups in total. The summed E-state index contributed by atoms with van der Waals surface area (Å²) in [7, 11) is 1.64. The van der Waals surface area contributed by atoms with Gasteiger partial charge in [-0.05, 0) is 12.1 Å². The van der Waals surface area contributed by atoms with E-state index in [1.165, 1.54) is 0 Å². The fourth-order valence-corrected chi connectivity index (χ4v) is 2.14. The summed E-state index contributed by atoms with van der Waals surface area (Å²) in [6, 6.07) is 7.75. The Labute approximate surface area is 118 Å². The standard InChI is InChI=1S/C15H18N2OS/c1-15(2,3)12-8-10(14(16)19)9-6-5-7-11(18-4)13(9)17-12/h5-8H,1-4H3,(H2,16,19). The molecule has 0 saturated heterocycles. The van der Waals surface area contributed by atoms with E-state index in [-0.39, 0.29) is 5.41 Å². The summed E-state index contributed by atoms with van der Waals surface area (Å²) >= 11 is 5.16. The lowest BCUT2D eigenvalue weighted by molar-refractivity contribution is 0.418. The Bertz CT molecular complexity index is 644. The Morgan fingerprint density at radius 1 is 1.32 bits per heavy atom. The number of para-hydroxylation sites is 1. The highest BCUT2D eigenvalue weighted by atomic mass is 32.1. The highest BCUT2D eigenvalue weighted by molar-refractivity contribution is 7.80. The van der Waals surface area contributed by atoms with Gasteiger partial charge in [-0.1, -0.05) is 45.1 Å². The van der Waals surface area contributed by atoms with Crippen LogP contribution in [0.5, 0.6) is 5.75 Å². The molecular weight excluding hydrogens is 256 g/mol. The van der Waals surface area contributed by atoms with Gasteiger partial charge in [0.1, 0.15) is 16.3 Å². The molecule has 100 valence electrons. The summed E-state index contributed by atoms with van der Waals surface area (Å²) < 4.78 is 5.38. The molecule has 4 heteroatoms. The van der Waals surface area contributed by atoms with Gasteiger partial charge in [-0.15, -0.1) is 0 Å². The number of aromatic nitrogens is 1. The first-order valence-electron chi connectivity index (χ1n) is 6.12. The Kier molecular flexibility index (Phi) is 3.45. The number of thiocarbonyl (C=S) groups is 1. The van der Waals surface area contributed by atoms with Crippen LogP contribution < -0.4 is 10.5 Å². The van der Waals surface area contributed by atoms with Crippen LogP contribution in [0.2, 0.25) is 0 Å². The van der Waals surface area contributed by atoms with Crippen molar-refractivity contribution in [3.8, 4) is 5.75 Å². The molecule has 0 aliphatic heterocycles. The van der Waals surface area contributed by atoms with Crippen molar-refractivity contribution in [2.75, 3.05) is 7.11 Å². The van der Waals surface area contributed by atoms with Gasteiger partial charge < -0.3 is 10.5 Å². The molecular formula is C15H18N2OS. The second-order valence-corrected chi connectivity index (χ2v) is 5.97. The maximum Gasteiger partial charge on any atom is 0.145 e. The lowest BCUT2D eigenvalue weighted by Crippen LogP contribution is -2.17. The van der Waals surface area contributed by atoms with E-state index in [2.05, 4.69) is 20.8 Å². The summed E-state index contributed by atoms with van der Waals surface area (Å²) in [5.74, 6) is 0.737. The minimum Gasteiger partial charge on any atom is -0.494 e. The summed E-state index contributed by atoms with van der Waals surface area (Å²) in [5.41, 5.74) is 8.38. The van der Waals surface area contributed by atoms with E-state index in [4.69, 9.17) is 27.7 Å². The molecule has 3 nitrogen and oxygen atoms in total. The summed E-state index contributed by atoms with van der Waals surface area (Å²) in [6.07, 6.45) is 0. The van der Waals surface area contributed by atoms with Crippen LogP contribution in [0.25, 0.3) is 10.9 Å². The number of benzene rings is 1. The van der Waals surface area contributed by atoms with Crippen molar-refractivity contribution < 1.29 is 4.74 Å². The second kappa shape index (κ2) is 4.78. The molecule has 2 rings (SSSR count). The number of rotatable bonds is 2. The predicted octanol–water partition coefficient (Wildman–Crippen LogP) is 3.18. The number of fused-ring (bicyclic) bond motifs is 1. The van der Waals surface area contributed by atoms with Gasteiger partial charge in [-0.3, -0.25) is 0 Å². The lowest BCUT2D eigenvalue weighted by Gasteiger charge is -2.20. The first kappa shape index (κ1) is 13.7. The highest BCUT2D eigenvalue weighted by Gasteiger charge is 2.19. The number of pyridine rings is 1. The van der Waals surface area contributed by atoms with E-state index in [0.29, 0.717) is 4.99 Å². The van der Waals surface area contributed by atoms with Gasteiger partial charge in [0.2, 0.25) is 0 Å². The Hall–Kier alpha value is -1.68. The minimum atomic E-state index is -0.0748. The number of methoxy groups -OCH3 is 1. The zero-order chi connectivity index (χ0) is 14.2. The van der Waals surface area contributed by atoms with Crippen molar-refractivity contribution in [2.24, 2.45) is 5.73 Å². The molecule has 0 atom stereocenters. The Morgan fingerprint density at radius 3 is 2.53 bits per heavy atom. The first-order valence-corrected chi connectivity index (χ1v) is 6.53. The molecule has 0 aliphatic carbocycles. The van der Waals surface area contributed by atoms with Crippen LogP contribution in [0.4, 0.5) is 0 Å². The van der Waals surface area contributed by atoms with Gasteiger partial charge in [0, 0.05) is 22.1 Å². The molecule has 19 heavy (non-hydrogen) atoms. The summed E-state index contributed by atoms with van der Waals surface area (Å²) in [5, 5.41) is 0.930. The number of ether oxygens (including phenoxy) is 1. The molecule has 1 aromatic carbocycles. The SMILES string of the molecule is COc1cccc2c(C(N)=S)cc(C(C)(C)C)nc12. The minimum absolute atomic E-state index is 0.0748. The molecule has 0 radical (unpaired) electrons. The van der Waals surface area contributed by atoms with Gasteiger partial charge in [0.25, 0.3) is 0 Å². The third-order valence-electron chi connectivity index (χ3n) is 3.06. The van der Waals surface area contributed by atoms with Crippen LogP contribution in [0.3, 0.4) is 0 Å². The number of nitrogens with zero attached hydrogens (tertiary/aromatic N) is 1. The zero-order valence-electron chi connectivity index (χ0n) is 11.7. The van der Waals surface area contributed by atoms with Crippen LogP contribution >= 0.6 is 12.2 Å². The van der Waals surface area contributed by atoms with Gasteiger partial charge in [0.15, 0.2) is 0 Å². The monoisotopic (exact) mass is 274 g/mol. The fourth-order valence-electron chi connectivity index (χ4n) is 1.97. The average molecular weight is 274 g/mol. The van der Waals surface area contributed by atoms with Crippen molar-refractivity contribution in [1.82, 2.24) is 4.98 Å². The topological polar surface area (TPSA) is 48.1 Å². The van der Waals surface area contributed by atoms with Crippen molar-refractivity contribution in [1.29, 1.82) is 0 Å². The van der Waals surface area contributed by atoms with Crippen LogP contribution in [-0.4, -0.2) is 17.1 Å². The number of nitrogens with two attached hydrogens (primary N) is 1. The highest BCUT2D eigenvalue weighted by Crippen LogP contribution is 2.30. The Morgan fingerprint density at radius 2 is 2.00 bits per heavy atom. The van der Waals surface area contributed by atoms with E-state index in [1.54, 1.807) is 7.11 Å². The van der Waals surface area contributed by atoms with Crippen molar-refractivity contribution >= 4 is 28.1 Å². The van der Waals surface area contributed by atoms with E-state index in [1.807, 2.05) is 24.3 Å². The lowest BCUT2D eigenvalue weighted by atomic mass is 9.89.